The molecule has 1 saturated heterocycles. The molecule has 0 spiro atoms. The molecule has 0 radical (unpaired) electrons. The van der Waals surface area contributed by atoms with Crippen molar-refractivity contribution in [2.24, 2.45) is 5.92 Å². The van der Waals surface area contributed by atoms with Gasteiger partial charge in [-0.1, -0.05) is 30.3 Å². The van der Waals surface area contributed by atoms with Gasteiger partial charge in [0.05, 0.1) is 11.2 Å². The van der Waals surface area contributed by atoms with Crippen LogP contribution in [-0.2, 0) is 0 Å². The number of nitrogens with one attached hydrogen (secondary N) is 3. The predicted octanol–water partition coefficient (Wildman–Crippen LogP) is 4.45. The lowest BCUT2D eigenvalue weighted by Gasteiger charge is -2.22. The minimum absolute atomic E-state index is 0.0801. The highest BCUT2D eigenvalue weighted by Crippen LogP contribution is 2.29. The van der Waals surface area contributed by atoms with E-state index in [0.717, 1.165) is 46.9 Å². The molecule has 1 amide bonds. The molecule has 3 aromatic rings. The molecule has 1 aliphatic rings. The average molecular weight is 403 g/mol. The number of amides is 1. The molecule has 156 valence electrons. The maximum Gasteiger partial charge on any atom is 0.251 e. The summed E-state index contributed by atoms with van der Waals surface area (Å²) in [5.74, 6) is 0.729. The Bertz CT molecular complexity index is 994. The smallest absolute Gasteiger partial charge is 0.251 e. The fraction of sp³-hybridized carbons (Fsp3) is 0.360. The maximum atomic E-state index is 11.8. The molecule has 3 N–H and O–H groups in total. The van der Waals surface area contributed by atoms with E-state index < -0.39 is 0 Å². The van der Waals surface area contributed by atoms with E-state index in [1.807, 2.05) is 30.3 Å². The van der Waals surface area contributed by atoms with Crippen molar-refractivity contribution in [2.75, 3.05) is 32.0 Å². The van der Waals surface area contributed by atoms with E-state index in [0.29, 0.717) is 5.56 Å². The monoisotopic (exact) mass is 402 g/mol. The third-order valence-electron chi connectivity index (χ3n) is 5.89. The van der Waals surface area contributed by atoms with E-state index in [-0.39, 0.29) is 5.91 Å². The fourth-order valence-electron chi connectivity index (χ4n) is 4.19. The molecule has 30 heavy (non-hydrogen) atoms. The first-order valence-electron chi connectivity index (χ1n) is 10.9. The Labute approximate surface area is 178 Å². The molecular formula is C25H30N4O. The van der Waals surface area contributed by atoms with Crippen molar-refractivity contribution >= 4 is 22.5 Å². The zero-order chi connectivity index (χ0) is 20.8. The summed E-state index contributed by atoms with van der Waals surface area (Å²) in [6.45, 7) is 3.29. The molecule has 2 heterocycles. The van der Waals surface area contributed by atoms with Crippen molar-refractivity contribution in [1.82, 2.24) is 15.6 Å². The van der Waals surface area contributed by atoms with Crippen LogP contribution in [0.5, 0.6) is 0 Å². The Hall–Kier alpha value is -2.92. The van der Waals surface area contributed by atoms with Crippen LogP contribution in [0.4, 0.5) is 5.69 Å². The summed E-state index contributed by atoms with van der Waals surface area (Å²) in [5.41, 5.74) is 4.66. The van der Waals surface area contributed by atoms with Crippen molar-refractivity contribution in [3.8, 4) is 11.3 Å². The number of hydrogen-bond acceptors (Lipinski definition) is 4. The Balaban J connectivity index is 1.51. The van der Waals surface area contributed by atoms with Crippen LogP contribution in [0.15, 0.2) is 54.6 Å². The van der Waals surface area contributed by atoms with E-state index in [4.69, 9.17) is 4.98 Å². The lowest BCUT2D eigenvalue weighted by atomic mass is 9.95. The number of hydrogen-bond donors (Lipinski definition) is 3. The number of carbonyl (C=O) groups excluding carboxylic acids is 1. The summed E-state index contributed by atoms with van der Waals surface area (Å²) in [6, 6.07) is 18.0. The molecule has 2 aromatic carbocycles. The van der Waals surface area contributed by atoms with Gasteiger partial charge in [-0.05, 0) is 69.0 Å². The number of nitrogens with zero attached hydrogens (tertiary/aromatic N) is 1. The number of anilines is 1. The first-order chi connectivity index (χ1) is 14.7. The molecule has 1 atom stereocenters. The second-order valence-electron chi connectivity index (χ2n) is 8.01. The van der Waals surface area contributed by atoms with E-state index in [2.05, 4.69) is 40.2 Å². The van der Waals surface area contributed by atoms with Crippen molar-refractivity contribution in [1.29, 1.82) is 0 Å². The molecule has 5 nitrogen and oxygen atoms in total. The fourth-order valence-corrected chi connectivity index (χ4v) is 4.19. The first-order valence-corrected chi connectivity index (χ1v) is 10.9. The molecule has 1 fully saturated rings. The third kappa shape index (κ3) is 4.79. The SMILES string of the molecule is CNC(=O)c1ccc(-c2cc(NCCCC3CCCNC3)c3ccccc3n2)cc1. The Kier molecular flexibility index (Phi) is 6.60. The van der Waals surface area contributed by atoms with E-state index in [9.17, 15) is 4.79 Å². The van der Waals surface area contributed by atoms with Gasteiger partial charge in [-0.25, -0.2) is 4.98 Å². The Morgan fingerprint density at radius 2 is 2.00 bits per heavy atom. The molecule has 0 aliphatic carbocycles. The molecule has 1 aliphatic heterocycles. The van der Waals surface area contributed by atoms with Crippen LogP contribution >= 0.6 is 0 Å². The zero-order valence-corrected chi connectivity index (χ0v) is 17.6. The van der Waals surface area contributed by atoms with Crippen LogP contribution in [0, 0.1) is 5.92 Å². The topological polar surface area (TPSA) is 66.1 Å². The van der Waals surface area contributed by atoms with Gasteiger partial charge in [0, 0.05) is 35.8 Å². The quantitative estimate of drug-likeness (QED) is 0.511. The number of fused-ring (bicyclic) bond motifs is 1. The standard InChI is InChI=1S/C25H30N4O/c1-26-25(30)20-12-10-19(11-13-20)23-16-24(21-8-2-3-9-22(21)29-23)28-15-5-7-18-6-4-14-27-17-18/h2-3,8-13,16,18,27H,4-7,14-15,17H2,1H3,(H,26,30)(H,28,29). The van der Waals surface area contributed by atoms with Crippen molar-refractivity contribution < 1.29 is 4.79 Å². The summed E-state index contributed by atoms with van der Waals surface area (Å²) >= 11 is 0. The van der Waals surface area contributed by atoms with Crippen molar-refractivity contribution in [3.63, 3.8) is 0 Å². The highest BCUT2D eigenvalue weighted by atomic mass is 16.1. The van der Waals surface area contributed by atoms with E-state index in [1.54, 1.807) is 7.05 Å². The number of pyridine rings is 1. The van der Waals surface area contributed by atoms with E-state index >= 15 is 0 Å². The number of piperidine rings is 1. The first kappa shape index (κ1) is 20.4. The van der Waals surface area contributed by atoms with Crippen molar-refractivity contribution in [3.05, 3.63) is 60.2 Å². The van der Waals surface area contributed by atoms with Crippen LogP contribution in [0.25, 0.3) is 22.2 Å². The van der Waals surface area contributed by atoms with Crippen LogP contribution in [0.1, 0.15) is 36.0 Å². The molecule has 0 bridgehead atoms. The maximum absolute atomic E-state index is 11.8. The summed E-state index contributed by atoms with van der Waals surface area (Å²) in [6.07, 6.45) is 5.08. The van der Waals surface area contributed by atoms with Gasteiger partial charge in [-0.15, -0.1) is 0 Å². The Morgan fingerprint density at radius 1 is 1.17 bits per heavy atom. The molecule has 5 heteroatoms. The third-order valence-corrected chi connectivity index (χ3v) is 5.89. The zero-order valence-electron chi connectivity index (χ0n) is 17.6. The minimum atomic E-state index is -0.0801. The summed E-state index contributed by atoms with van der Waals surface area (Å²) < 4.78 is 0. The Morgan fingerprint density at radius 3 is 2.77 bits per heavy atom. The highest BCUT2D eigenvalue weighted by molar-refractivity contribution is 5.95. The highest BCUT2D eigenvalue weighted by Gasteiger charge is 2.13. The molecule has 4 rings (SSSR count). The lowest BCUT2D eigenvalue weighted by molar-refractivity contribution is 0.0963. The van der Waals surface area contributed by atoms with Crippen LogP contribution < -0.4 is 16.0 Å². The van der Waals surface area contributed by atoms with Gasteiger partial charge in [-0.3, -0.25) is 4.79 Å². The van der Waals surface area contributed by atoms with Gasteiger partial charge < -0.3 is 16.0 Å². The average Bonchev–Trinajstić information content (AvgIpc) is 2.82. The number of benzene rings is 2. The number of para-hydroxylation sites is 1. The van der Waals surface area contributed by atoms with Gasteiger partial charge in [-0.2, -0.15) is 0 Å². The van der Waals surface area contributed by atoms with Gasteiger partial charge >= 0.3 is 0 Å². The summed E-state index contributed by atoms with van der Waals surface area (Å²) in [7, 11) is 1.64. The molecule has 1 unspecified atom stereocenters. The van der Waals surface area contributed by atoms with Crippen molar-refractivity contribution in [2.45, 2.75) is 25.7 Å². The lowest BCUT2D eigenvalue weighted by Crippen LogP contribution is -2.29. The van der Waals surface area contributed by atoms with Crippen LogP contribution in [-0.4, -0.2) is 37.6 Å². The largest absolute Gasteiger partial charge is 0.384 e. The normalized spacial score (nSPS) is 16.4. The second kappa shape index (κ2) is 9.72. The number of rotatable bonds is 7. The van der Waals surface area contributed by atoms with Crippen LogP contribution in [0.3, 0.4) is 0 Å². The molecule has 0 saturated carbocycles. The second-order valence-corrected chi connectivity index (χ2v) is 8.01. The van der Waals surface area contributed by atoms with Gasteiger partial charge in [0.1, 0.15) is 0 Å². The van der Waals surface area contributed by atoms with Gasteiger partial charge in [0.25, 0.3) is 5.91 Å². The molecular weight excluding hydrogens is 372 g/mol. The predicted molar refractivity (Wildman–Crippen MR) is 124 cm³/mol. The van der Waals surface area contributed by atoms with E-state index in [1.165, 1.54) is 32.2 Å². The van der Waals surface area contributed by atoms with Crippen LogP contribution in [0.2, 0.25) is 0 Å². The number of aromatic nitrogens is 1. The number of carbonyl (C=O) groups is 1. The van der Waals surface area contributed by atoms with Gasteiger partial charge in [0.15, 0.2) is 0 Å². The minimum Gasteiger partial charge on any atom is -0.384 e. The summed E-state index contributed by atoms with van der Waals surface area (Å²) in [4.78, 5) is 16.7. The molecule has 1 aromatic heterocycles. The van der Waals surface area contributed by atoms with Gasteiger partial charge in [0.2, 0.25) is 0 Å². The summed E-state index contributed by atoms with van der Waals surface area (Å²) in [5, 5.41) is 11.0.